The Hall–Kier alpha value is -3.24. The van der Waals surface area contributed by atoms with Crippen LogP contribution in [-0.4, -0.2) is 32.2 Å². The molecule has 0 aliphatic heterocycles. The molecule has 0 saturated carbocycles. The van der Waals surface area contributed by atoms with E-state index in [0.29, 0.717) is 16.5 Å². The molecule has 10 heteroatoms. The molecule has 1 aromatic heterocycles. The third-order valence-corrected chi connectivity index (χ3v) is 5.22. The maximum absolute atomic E-state index is 13.0. The van der Waals surface area contributed by atoms with E-state index in [-0.39, 0.29) is 43.1 Å². The van der Waals surface area contributed by atoms with Crippen molar-refractivity contribution >= 4 is 29.3 Å². The highest BCUT2D eigenvalue weighted by Gasteiger charge is 2.15. The molecule has 0 aliphatic carbocycles. The molecule has 0 bridgehead atoms. The lowest BCUT2D eigenvalue weighted by Gasteiger charge is -2.11. The van der Waals surface area contributed by atoms with Crippen LogP contribution in [0.4, 0.5) is 14.5 Å². The first-order valence-corrected chi connectivity index (χ1v) is 10.3. The monoisotopic (exact) mass is 446 g/mol. The Balaban J connectivity index is 1.56. The normalized spacial score (nSPS) is 10.7. The van der Waals surface area contributed by atoms with Crippen molar-refractivity contribution in [2.45, 2.75) is 24.9 Å². The van der Waals surface area contributed by atoms with Gasteiger partial charge in [0.1, 0.15) is 18.2 Å². The van der Waals surface area contributed by atoms with Gasteiger partial charge in [0.2, 0.25) is 11.8 Å². The second kappa shape index (κ2) is 10.7. The van der Waals surface area contributed by atoms with E-state index in [4.69, 9.17) is 0 Å². The van der Waals surface area contributed by atoms with E-state index < -0.39 is 5.82 Å². The van der Waals surface area contributed by atoms with Gasteiger partial charge in [0.15, 0.2) is 5.16 Å². The number of carbonyl (C=O) groups is 2. The predicted octanol–water partition coefficient (Wildman–Crippen LogP) is 2.70. The Morgan fingerprint density at radius 1 is 1.00 bits per heavy atom. The zero-order valence-corrected chi connectivity index (χ0v) is 17.2. The van der Waals surface area contributed by atoms with E-state index in [1.807, 2.05) is 0 Å². The van der Waals surface area contributed by atoms with E-state index in [1.54, 1.807) is 12.1 Å². The lowest BCUT2D eigenvalue weighted by atomic mass is 10.2. The van der Waals surface area contributed by atoms with Crippen LogP contribution >= 0.6 is 11.8 Å². The number of carbonyl (C=O) groups excluding carboxylic acids is 2. The first-order valence-electron chi connectivity index (χ1n) is 9.29. The molecule has 0 atom stereocenters. The lowest BCUT2D eigenvalue weighted by molar-refractivity contribution is -0.122. The van der Waals surface area contributed by atoms with Crippen LogP contribution in [0, 0.1) is 11.6 Å². The molecular weight excluding hydrogens is 426 g/mol. The van der Waals surface area contributed by atoms with Gasteiger partial charge in [0, 0.05) is 12.2 Å². The highest BCUT2D eigenvalue weighted by atomic mass is 32.2. The molecule has 0 unspecified atom stereocenters. The van der Waals surface area contributed by atoms with Crippen LogP contribution in [0.25, 0.3) is 0 Å². The molecule has 0 fully saturated rings. The van der Waals surface area contributed by atoms with Crippen LogP contribution < -0.4 is 10.6 Å². The summed E-state index contributed by atoms with van der Waals surface area (Å²) in [6, 6.07) is 11.2. The number of hydrogen-bond donors (Lipinski definition) is 3. The number of anilines is 1. The summed E-state index contributed by atoms with van der Waals surface area (Å²) in [6.07, 6.45) is 1.44. The third kappa shape index (κ3) is 6.63. The van der Waals surface area contributed by atoms with Gasteiger partial charge in [-0.05, 0) is 42.0 Å². The van der Waals surface area contributed by atoms with Gasteiger partial charge in [0.05, 0.1) is 24.3 Å². The largest absolute Gasteiger partial charge is 0.390 e. The van der Waals surface area contributed by atoms with Crippen molar-refractivity contribution in [1.29, 1.82) is 0 Å². The molecule has 2 aromatic carbocycles. The van der Waals surface area contributed by atoms with Crippen molar-refractivity contribution in [2.24, 2.45) is 0 Å². The number of aromatic nitrogens is 2. The van der Waals surface area contributed by atoms with E-state index in [0.717, 1.165) is 17.3 Å². The first kappa shape index (κ1) is 22.4. The number of benzene rings is 2. The van der Waals surface area contributed by atoms with E-state index >= 15 is 0 Å². The molecule has 0 saturated heterocycles. The molecule has 0 radical (unpaired) electrons. The average Bonchev–Trinajstić information content (AvgIpc) is 3.15. The lowest BCUT2D eigenvalue weighted by Crippen LogP contribution is -2.28. The summed E-state index contributed by atoms with van der Waals surface area (Å²) in [7, 11) is 0. The molecule has 162 valence electrons. The van der Waals surface area contributed by atoms with Crippen molar-refractivity contribution in [3.05, 3.63) is 77.6 Å². The molecule has 3 aromatic rings. The number of hydrogen-bond acceptors (Lipinski definition) is 5. The maximum atomic E-state index is 13.0. The number of rotatable bonds is 9. The Morgan fingerprint density at radius 3 is 2.29 bits per heavy atom. The zero-order chi connectivity index (χ0) is 22.2. The molecule has 3 N–H and O–H groups in total. The third-order valence-electron chi connectivity index (χ3n) is 4.23. The fraction of sp³-hybridized carbons (Fsp3) is 0.190. The fourth-order valence-electron chi connectivity index (χ4n) is 2.67. The number of imidazole rings is 1. The van der Waals surface area contributed by atoms with E-state index in [9.17, 15) is 23.5 Å². The summed E-state index contributed by atoms with van der Waals surface area (Å²) >= 11 is 1.10. The number of halogens is 2. The molecule has 1 heterocycles. The van der Waals surface area contributed by atoms with Crippen LogP contribution in [0.5, 0.6) is 0 Å². The molecule has 0 spiro atoms. The molecule has 2 amide bonds. The second-order valence-corrected chi connectivity index (χ2v) is 7.47. The highest BCUT2D eigenvalue weighted by molar-refractivity contribution is 7.99. The van der Waals surface area contributed by atoms with Gasteiger partial charge in [-0.15, -0.1) is 0 Å². The minimum atomic E-state index is -0.399. The number of aliphatic hydroxyl groups excluding tert-OH is 1. The minimum absolute atomic E-state index is 0.0104. The number of amides is 2. The SMILES string of the molecule is O=C(Cn1c(CO)cnc1SCC(=O)Nc1ccc(F)cc1)NCc1ccc(F)cc1. The highest BCUT2D eigenvalue weighted by Crippen LogP contribution is 2.19. The number of nitrogens with zero attached hydrogens (tertiary/aromatic N) is 2. The summed E-state index contributed by atoms with van der Waals surface area (Å²) in [6.45, 7) is -0.190. The minimum Gasteiger partial charge on any atom is -0.390 e. The Morgan fingerprint density at radius 2 is 1.65 bits per heavy atom. The van der Waals surface area contributed by atoms with Crippen molar-refractivity contribution in [3.63, 3.8) is 0 Å². The van der Waals surface area contributed by atoms with Crippen molar-refractivity contribution in [3.8, 4) is 0 Å². The van der Waals surface area contributed by atoms with Crippen molar-refractivity contribution in [1.82, 2.24) is 14.9 Å². The van der Waals surface area contributed by atoms with Crippen molar-refractivity contribution < 1.29 is 23.5 Å². The first-order chi connectivity index (χ1) is 14.9. The zero-order valence-electron chi connectivity index (χ0n) is 16.3. The van der Waals surface area contributed by atoms with E-state index in [2.05, 4.69) is 15.6 Å². The van der Waals surface area contributed by atoms with Gasteiger partial charge in [-0.3, -0.25) is 9.59 Å². The fourth-order valence-corrected chi connectivity index (χ4v) is 3.46. The molecule has 31 heavy (non-hydrogen) atoms. The summed E-state index contributed by atoms with van der Waals surface area (Å²) in [5.41, 5.74) is 1.64. The standard InChI is InChI=1S/C21H20F2N4O3S/c22-15-3-1-14(2-4-15)9-24-19(29)11-27-18(12-28)10-25-21(27)31-13-20(30)26-17-7-5-16(23)6-8-17/h1-8,10,28H,9,11-13H2,(H,24,29)(H,26,30). The van der Waals surface area contributed by atoms with Crippen LogP contribution in [0.1, 0.15) is 11.3 Å². The quantitative estimate of drug-likeness (QED) is 0.439. The summed E-state index contributed by atoms with van der Waals surface area (Å²) in [4.78, 5) is 28.7. The van der Waals surface area contributed by atoms with Gasteiger partial charge >= 0.3 is 0 Å². The summed E-state index contributed by atoms with van der Waals surface area (Å²) in [5, 5.41) is 15.3. The van der Waals surface area contributed by atoms with Gasteiger partial charge in [-0.2, -0.15) is 0 Å². The smallest absolute Gasteiger partial charge is 0.240 e. The molecule has 7 nitrogen and oxygen atoms in total. The van der Waals surface area contributed by atoms with Gasteiger partial charge in [0.25, 0.3) is 0 Å². The predicted molar refractivity (Wildman–Crippen MR) is 112 cm³/mol. The van der Waals surface area contributed by atoms with Gasteiger partial charge in [-0.25, -0.2) is 13.8 Å². The number of aliphatic hydroxyl groups is 1. The second-order valence-electron chi connectivity index (χ2n) is 6.52. The Kier molecular flexibility index (Phi) is 7.74. The summed E-state index contributed by atoms with van der Waals surface area (Å²) in [5.74, 6) is -1.39. The van der Waals surface area contributed by atoms with Crippen LogP contribution in [-0.2, 0) is 29.3 Å². The van der Waals surface area contributed by atoms with Gasteiger partial charge in [-0.1, -0.05) is 23.9 Å². The van der Waals surface area contributed by atoms with Crippen LogP contribution in [0.3, 0.4) is 0 Å². The topological polar surface area (TPSA) is 96.2 Å². The average molecular weight is 446 g/mol. The maximum Gasteiger partial charge on any atom is 0.240 e. The number of thioether (sulfide) groups is 1. The van der Waals surface area contributed by atoms with Crippen LogP contribution in [0.15, 0.2) is 59.9 Å². The van der Waals surface area contributed by atoms with Gasteiger partial charge < -0.3 is 20.3 Å². The molecule has 3 rings (SSSR count). The molecular formula is C21H20F2N4O3S. The van der Waals surface area contributed by atoms with Crippen LogP contribution in [0.2, 0.25) is 0 Å². The van der Waals surface area contributed by atoms with Crippen molar-refractivity contribution in [2.75, 3.05) is 11.1 Å². The summed E-state index contributed by atoms with van der Waals surface area (Å²) < 4.78 is 27.4. The Labute approximate surface area is 181 Å². The molecule has 0 aliphatic rings. The Bertz CT molecular complexity index is 1040. The van der Waals surface area contributed by atoms with E-state index in [1.165, 1.54) is 47.2 Å². The number of nitrogens with one attached hydrogen (secondary N) is 2.